The zero-order chi connectivity index (χ0) is 22.1. The van der Waals surface area contributed by atoms with Crippen LogP contribution in [0.15, 0.2) is 58.5 Å². The number of carbonyl (C=O) groups excluding carboxylic acids is 1. The van der Waals surface area contributed by atoms with Crippen molar-refractivity contribution < 1.29 is 4.79 Å². The molecule has 10 heteroatoms. The molecule has 0 saturated carbocycles. The molecule has 0 fully saturated rings. The molecule has 1 amide bonds. The number of aromatic nitrogens is 3. The third-order valence-corrected chi connectivity index (χ3v) is 7.21. The molecule has 2 heterocycles. The van der Waals surface area contributed by atoms with E-state index in [4.69, 9.17) is 23.8 Å². The molecule has 158 valence electrons. The molecule has 31 heavy (non-hydrogen) atoms. The molecule has 0 atom stereocenters. The number of hydrogen-bond acceptors (Lipinski definition) is 6. The number of nitrogens with zero attached hydrogens (tertiary/aromatic N) is 3. The zero-order valence-corrected chi connectivity index (χ0v) is 19.8. The average molecular weight is 489 g/mol. The summed E-state index contributed by atoms with van der Waals surface area (Å²) < 4.78 is 4.25. The lowest BCUT2D eigenvalue weighted by molar-refractivity contribution is -0.113. The molecular weight excluding hydrogens is 472 g/mol. The Hall–Kier alpha value is -2.46. The van der Waals surface area contributed by atoms with Gasteiger partial charge < -0.3 is 5.32 Å². The molecule has 0 radical (unpaired) electrons. The summed E-state index contributed by atoms with van der Waals surface area (Å²) in [7, 11) is 1.64. The Morgan fingerprint density at radius 2 is 2.00 bits per heavy atom. The molecule has 0 aliphatic heterocycles. The number of aryl methyl sites for hydroxylation is 1. The van der Waals surface area contributed by atoms with E-state index in [-0.39, 0.29) is 17.2 Å². The van der Waals surface area contributed by atoms with E-state index in [0.29, 0.717) is 30.2 Å². The second-order valence-corrected chi connectivity index (χ2v) is 9.76. The van der Waals surface area contributed by atoms with E-state index in [1.54, 1.807) is 23.7 Å². The fourth-order valence-corrected chi connectivity index (χ4v) is 5.38. The summed E-state index contributed by atoms with van der Waals surface area (Å²) in [6.07, 6.45) is 0. The number of carbonyl (C=O) groups is 1. The van der Waals surface area contributed by atoms with Crippen molar-refractivity contribution >= 4 is 68.9 Å². The van der Waals surface area contributed by atoms with Gasteiger partial charge in [-0.2, -0.15) is 0 Å². The molecule has 0 bridgehead atoms. The molecule has 2 aromatic carbocycles. The number of fused-ring (bicyclic) bond motifs is 1. The van der Waals surface area contributed by atoms with Crippen LogP contribution in [0.5, 0.6) is 0 Å². The second-order valence-electron chi connectivity index (χ2n) is 6.77. The molecule has 0 saturated heterocycles. The highest BCUT2D eigenvalue weighted by atomic mass is 35.5. The van der Waals surface area contributed by atoms with Crippen molar-refractivity contribution in [3.63, 3.8) is 0 Å². The SMILES string of the molecule is Cc1ccc(NC(=O)CSc2nc3c(sc(=S)n3-c3ccccc3)c(=O)n2C)c(Cl)c1. The van der Waals surface area contributed by atoms with Gasteiger partial charge in [0.25, 0.3) is 5.56 Å². The Morgan fingerprint density at radius 3 is 2.71 bits per heavy atom. The zero-order valence-electron chi connectivity index (χ0n) is 16.6. The summed E-state index contributed by atoms with van der Waals surface area (Å²) in [5, 5.41) is 3.70. The van der Waals surface area contributed by atoms with Crippen molar-refractivity contribution in [2.75, 3.05) is 11.1 Å². The first-order chi connectivity index (χ1) is 14.8. The standard InChI is InChI=1S/C21H17ClN4O2S3/c1-12-8-9-15(14(22)10-12)23-16(27)11-30-20-24-18-17(19(28)25(20)2)31-21(29)26(18)13-6-4-3-5-7-13/h3-10H,11H2,1-2H3,(H,23,27). The van der Waals surface area contributed by atoms with E-state index >= 15 is 0 Å². The van der Waals surface area contributed by atoms with Crippen LogP contribution in [0.25, 0.3) is 16.0 Å². The number of benzene rings is 2. The van der Waals surface area contributed by atoms with E-state index in [2.05, 4.69) is 10.3 Å². The Bertz CT molecular complexity index is 1410. The highest BCUT2D eigenvalue weighted by Gasteiger charge is 2.17. The van der Waals surface area contributed by atoms with Gasteiger partial charge >= 0.3 is 0 Å². The molecule has 0 aliphatic rings. The number of anilines is 1. The summed E-state index contributed by atoms with van der Waals surface area (Å²) >= 11 is 14.1. The van der Waals surface area contributed by atoms with Gasteiger partial charge in [-0.25, -0.2) is 4.98 Å². The minimum absolute atomic E-state index is 0.0756. The van der Waals surface area contributed by atoms with E-state index in [9.17, 15) is 9.59 Å². The van der Waals surface area contributed by atoms with Crippen molar-refractivity contribution in [2.24, 2.45) is 7.05 Å². The molecule has 0 aliphatic carbocycles. The third-order valence-electron chi connectivity index (χ3n) is 4.52. The Kier molecular flexibility index (Phi) is 6.29. The van der Waals surface area contributed by atoms with Gasteiger partial charge in [0.05, 0.1) is 16.5 Å². The highest BCUT2D eigenvalue weighted by Crippen LogP contribution is 2.26. The molecule has 1 N–H and O–H groups in total. The van der Waals surface area contributed by atoms with Crippen LogP contribution in [0, 0.1) is 10.9 Å². The van der Waals surface area contributed by atoms with E-state index in [1.165, 1.54) is 27.7 Å². The molecule has 6 nitrogen and oxygen atoms in total. The van der Waals surface area contributed by atoms with Crippen molar-refractivity contribution in [1.29, 1.82) is 0 Å². The van der Waals surface area contributed by atoms with Crippen LogP contribution in [0.3, 0.4) is 0 Å². The summed E-state index contributed by atoms with van der Waals surface area (Å²) in [5.74, 6) is -0.165. The maximum atomic E-state index is 12.9. The maximum Gasteiger partial charge on any atom is 0.273 e. The monoisotopic (exact) mass is 488 g/mol. The van der Waals surface area contributed by atoms with Crippen molar-refractivity contribution in [3.05, 3.63) is 73.4 Å². The number of amides is 1. The summed E-state index contributed by atoms with van der Waals surface area (Å²) in [4.78, 5) is 30.0. The van der Waals surface area contributed by atoms with Crippen LogP contribution in [-0.2, 0) is 11.8 Å². The van der Waals surface area contributed by atoms with Crippen molar-refractivity contribution in [1.82, 2.24) is 14.1 Å². The summed E-state index contributed by atoms with van der Waals surface area (Å²) in [5.41, 5.74) is 2.69. The van der Waals surface area contributed by atoms with Crippen molar-refractivity contribution in [2.45, 2.75) is 12.1 Å². The average Bonchev–Trinajstić information content (AvgIpc) is 3.08. The molecule has 4 rings (SSSR count). The van der Waals surface area contributed by atoms with Gasteiger partial charge in [-0.15, -0.1) is 0 Å². The number of thiazole rings is 1. The lowest BCUT2D eigenvalue weighted by Gasteiger charge is -2.10. The van der Waals surface area contributed by atoms with Crippen LogP contribution in [0.4, 0.5) is 5.69 Å². The molecule has 0 spiro atoms. The first-order valence-electron chi connectivity index (χ1n) is 9.22. The quantitative estimate of drug-likeness (QED) is 0.237. The van der Waals surface area contributed by atoms with Gasteiger partial charge in [-0.1, -0.05) is 59.0 Å². The molecule has 4 aromatic rings. The number of hydrogen-bond donors (Lipinski definition) is 1. The minimum Gasteiger partial charge on any atom is -0.324 e. The number of thioether (sulfide) groups is 1. The van der Waals surface area contributed by atoms with Crippen LogP contribution in [0.1, 0.15) is 5.56 Å². The first-order valence-corrected chi connectivity index (χ1v) is 11.8. The fraction of sp³-hybridized carbons (Fsp3) is 0.143. The number of para-hydroxylation sites is 1. The Morgan fingerprint density at radius 1 is 1.26 bits per heavy atom. The van der Waals surface area contributed by atoms with Gasteiger partial charge in [0.2, 0.25) is 5.91 Å². The van der Waals surface area contributed by atoms with Gasteiger partial charge in [-0.05, 0) is 49.0 Å². The number of nitrogens with one attached hydrogen (secondary N) is 1. The smallest absolute Gasteiger partial charge is 0.273 e. The van der Waals surface area contributed by atoms with Crippen LogP contribution < -0.4 is 10.9 Å². The van der Waals surface area contributed by atoms with Gasteiger partial charge in [0.1, 0.15) is 4.70 Å². The van der Waals surface area contributed by atoms with Crippen LogP contribution in [-0.4, -0.2) is 25.8 Å². The summed E-state index contributed by atoms with van der Waals surface area (Å²) in [6, 6.07) is 15.0. The summed E-state index contributed by atoms with van der Waals surface area (Å²) in [6.45, 7) is 1.93. The van der Waals surface area contributed by atoms with Crippen molar-refractivity contribution in [3.8, 4) is 5.69 Å². The van der Waals surface area contributed by atoms with E-state index in [1.807, 2.05) is 43.3 Å². The van der Waals surface area contributed by atoms with Crippen LogP contribution >= 0.6 is 46.9 Å². The predicted molar refractivity (Wildman–Crippen MR) is 131 cm³/mol. The second kappa shape index (κ2) is 8.96. The Balaban J connectivity index is 1.63. The van der Waals surface area contributed by atoms with Crippen LogP contribution in [0.2, 0.25) is 5.02 Å². The molecule has 2 aromatic heterocycles. The topological polar surface area (TPSA) is 68.9 Å². The highest BCUT2D eigenvalue weighted by molar-refractivity contribution is 7.99. The van der Waals surface area contributed by atoms with Gasteiger partial charge in [0.15, 0.2) is 14.8 Å². The largest absolute Gasteiger partial charge is 0.324 e. The van der Waals surface area contributed by atoms with Gasteiger partial charge in [0, 0.05) is 12.7 Å². The fourth-order valence-electron chi connectivity index (χ4n) is 2.98. The lowest BCUT2D eigenvalue weighted by Crippen LogP contribution is -2.21. The van der Waals surface area contributed by atoms with E-state index in [0.717, 1.165) is 11.3 Å². The number of halogens is 1. The molecule has 0 unspecified atom stereocenters. The Labute approximate surface area is 196 Å². The predicted octanol–water partition coefficient (Wildman–Crippen LogP) is 5.21. The minimum atomic E-state index is -0.240. The van der Waals surface area contributed by atoms with Gasteiger partial charge in [-0.3, -0.25) is 18.7 Å². The lowest BCUT2D eigenvalue weighted by atomic mass is 10.2. The normalized spacial score (nSPS) is 11.1. The maximum absolute atomic E-state index is 12.9. The molecular formula is C21H17ClN4O2S3. The third kappa shape index (κ3) is 4.45. The number of rotatable bonds is 5. The first kappa shape index (κ1) is 21.8. The van der Waals surface area contributed by atoms with E-state index < -0.39 is 0 Å².